The summed E-state index contributed by atoms with van der Waals surface area (Å²) in [7, 11) is 0. The van der Waals surface area contributed by atoms with Crippen molar-refractivity contribution in [3.63, 3.8) is 0 Å². The van der Waals surface area contributed by atoms with Crippen LogP contribution in [-0.4, -0.2) is 15.0 Å². The Hall–Kier alpha value is -0.910. The number of halogens is 2. The molecule has 0 fully saturated rings. The second-order valence-corrected chi connectivity index (χ2v) is 5.16. The van der Waals surface area contributed by atoms with E-state index in [0.29, 0.717) is 10.8 Å². The normalized spacial score (nSPS) is 12.5. The molecule has 17 heavy (non-hydrogen) atoms. The minimum atomic E-state index is 0.0252. The Kier molecular flexibility index (Phi) is 3.81. The third-order valence-electron chi connectivity index (χ3n) is 2.08. The van der Waals surface area contributed by atoms with E-state index < -0.39 is 0 Å². The Labute approximate surface area is 113 Å². The molecule has 2 aromatic heterocycles. The van der Waals surface area contributed by atoms with Gasteiger partial charge in [0.15, 0.2) is 0 Å². The van der Waals surface area contributed by atoms with Crippen LogP contribution in [0.5, 0.6) is 0 Å². The van der Waals surface area contributed by atoms with Gasteiger partial charge >= 0.3 is 0 Å². The number of aryl methyl sites for hydroxylation is 1. The van der Waals surface area contributed by atoms with E-state index in [1.54, 1.807) is 11.3 Å². The molecule has 1 N–H and O–H groups in total. The van der Waals surface area contributed by atoms with Crippen molar-refractivity contribution in [2.24, 2.45) is 0 Å². The monoisotopic (exact) mass is 288 g/mol. The van der Waals surface area contributed by atoms with Crippen LogP contribution in [0.15, 0.2) is 11.6 Å². The lowest BCUT2D eigenvalue weighted by Crippen LogP contribution is -2.08. The van der Waals surface area contributed by atoms with Gasteiger partial charge in [0.2, 0.25) is 5.28 Å². The molecular weight excluding hydrogens is 279 g/mol. The summed E-state index contributed by atoms with van der Waals surface area (Å²) < 4.78 is 0. The van der Waals surface area contributed by atoms with Crippen LogP contribution >= 0.6 is 34.5 Å². The Morgan fingerprint density at radius 2 is 2.12 bits per heavy atom. The largest absolute Gasteiger partial charge is 0.360 e. The Bertz CT molecular complexity index is 529. The first-order valence-electron chi connectivity index (χ1n) is 4.93. The predicted molar refractivity (Wildman–Crippen MR) is 70.9 cm³/mol. The molecule has 0 amide bonds. The highest BCUT2D eigenvalue weighted by Gasteiger charge is 2.12. The molecule has 4 nitrogen and oxygen atoms in total. The lowest BCUT2D eigenvalue weighted by atomic mass is 10.3. The number of rotatable bonds is 3. The topological polar surface area (TPSA) is 50.7 Å². The van der Waals surface area contributed by atoms with Gasteiger partial charge in [-0.05, 0) is 25.4 Å². The molecule has 0 aromatic carbocycles. The second-order valence-electron chi connectivity index (χ2n) is 3.53. The van der Waals surface area contributed by atoms with Crippen LogP contribution in [0.25, 0.3) is 0 Å². The van der Waals surface area contributed by atoms with Gasteiger partial charge in [-0.15, -0.1) is 11.3 Å². The number of aromatic nitrogens is 3. The SMILES string of the molecule is Cc1csc(C(C)Nc2nc(Cl)ncc2Cl)n1. The van der Waals surface area contributed by atoms with Crippen molar-refractivity contribution in [2.75, 3.05) is 5.32 Å². The lowest BCUT2D eigenvalue weighted by Gasteiger charge is -2.12. The van der Waals surface area contributed by atoms with Crippen molar-refractivity contribution in [3.8, 4) is 0 Å². The van der Waals surface area contributed by atoms with Crippen LogP contribution in [0.2, 0.25) is 10.3 Å². The van der Waals surface area contributed by atoms with E-state index in [2.05, 4.69) is 20.3 Å². The molecule has 90 valence electrons. The van der Waals surface area contributed by atoms with Gasteiger partial charge in [-0.3, -0.25) is 0 Å². The summed E-state index contributed by atoms with van der Waals surface area (Å²) in [5, 5.41) is 6.75. The maximum atomic E-state index is 5.97. The van der Waals surface area contributed by atoms with Gasteiger partial charge in [0.25, 0.3) is 0 Å². The van der Waals surface area contributed by atoms with Crippen LogP contribution in [0, 0.1) is 6.92 Å². The highest BCUT2D eigenvalue weighted by molar-refractivity contribution is 7.09. The van der Waals surface area contributed by atoms with Crippen molar-refractivity contribution >= 4 is 40.4 Å². The summed E-state index contributed by atoms with van der Waals surface area (Å²) in [5.41, 5.74) is 1.01. The molecule has 2 heterocycles. The molecule has 2 aromatic rings. The number of hydrogen-bond acceptors (Lipinski definition) is 5. The van der Waals surface area contributed by atoms with Crippen molar-refractivity contribution in [1.29, 1.82) is 0 Å². The Morgan fingerprint density at radius 3 is 2.76 bits per heavy atom. The van der Waals surface area contributed by atoms with Gasteiger partial charge in [-0.1, -0.05) is 11.6 Å². The van der Waals surface area contributed by atoms with Gasteiger partial charge in [0.1, 0.15) is 15.8 Å². The third-order valence-corrected chi connectivity index (χ3v) is 3.68. The molecule has 0 aliphatic carbocycles. The van der Waals surface area contributed by atoms with Crippen molar-refractivity contribution in [1.82, 2.24) is 15.0 Å². The quantitative estimate of drug-likeness (QED) is 0.875. The van der Waals surface area contributed by atoms with Gasteiger partial charge in [-0.25, -0.2) is 9.97 Å². The Morgan fingerprint density at radius 1 is 1.35 bits per heavy atom. The minimum absolute atomic E-state index is 0.0252. The molecule has 1 unspecified atom stereocenters. The first kappa shape index (κ1) is 12.5. The van der Waals surface area contributed by atoms with Crippen LogP contribution in [0.4, 0.5) is 5.82 Å². The molecule has 0 saturated heterocycles. The average molecular weight is 289 g/mol. The molecule has 1 atom stereocenters. The minimum Gasteiger partial charge on any atom is -0.360 e. The zero-order valence-electron chi connectivity index (χ0n) is 9.24. The summed E-state index contributed by atoms with van der Waals surface area (Å²) in [6.07, 6.45) is 1.47. The number of hydrogen-bond donors (Lipinski definition) is 1. The van der Waals surface area contributed by atoms with Gasteiger partial charge in [-0.2, -0.15) is 4.98 Å². The maximum absolute atomic E-state index is 5.97. The standard InChI is InChI=1S/C10H10Cl2N4S/c1-5-4-17-9(14-5)6(2)15-8-7(11)3-13-10(12)16-8/h3-4,6H,1-2H3,(H,13,15,16). The van der Waals surface area contributed by atoms with E-state index >= 15 is 0 Å². The summed E-state index contributed by atoms with van der Waals surface area (Å²) in [5.74, 6) is 0.520. The van der Waals surface area contributed by atoms with Crippen molar-refractivity contribution in [2.45, 2.75) is 19.9 Å². The van der Waals surface area contributed by atoms with Crippen LogP contribution in [0.3, 0.4) is 0 Å². The molecule has 0 spiro atoms. The maximum Gasteiger partial charge on any atom is 0.224 e. The second kappa shape index (κ2) is 5.16. The molecule has 7 heteroatoms. The van der Waals surface area contributed by atoms with Crippen molar-refractivity contribution in [3.05, 3.63) is 32.6 Å². The highest BCUT2D eigenvalue weighted by Crippen LogP contribution is 2.26. The summed E-state index contributed by atoms with van der Waals surface area (Å²) in [6.45, 7) is 3.95. The number of nitrogens with zero attached hydrogens (tertiary/aromatic N) is 3. The Balaban J connectivity index is 2.18. The fourth-order valence-corrected chi connectivity index (χ4v) is 2.37. The number of thiazole rings is 1. The molecule has 0 bridgehead atoms. The first-order valence-corrected chi connectivity index (χ1v) is 6.56. The van der Waals surface area contributed by atoms with E-state index in [9.17, 15) is 0 Å². The zero-order valence-corrected chi connectivity index (χ0v) is 11.6. The van der Waals surface area contributed by atoms with Gasteiger partial charge < -0.3 is 5.32 Å². The van der Waals surface area contributed by atoms with E-state index in [0.717, 1.165) is 10.7 Å². The molecule has 0 radical (unpaired) electrons. The predicted octanol–water partition coefficient (Wildman–Crippen LogP) is 3.72. The fourth-order valence-electron chi connectivity index (χ4n) is 1.28. The number of anilines is 1. The molecule has 0 aliphatic rings. The average Bonchev–Trinajstić information content (AvgIpc) is 2.70. The molecule has 0 saturated carbocycles. The molecule has 2 rings (SSSR count). The molecular formula is C10H10Cl2N4S. The van der Waals surface area contributed by atoms with E-state index in [4.69, 9.17) is 23.2 Å². The van der Waals surface area contributed by atoms with Crippen molar-refractivity contribution < 1.29 is 0 Å². The fraction of sp³-hybridized carbons (Fsp3) is 0.300. The smallest absolute Gasteiger partial charge is 0.224 e. The van der Waals surface area contributed by atoms with Gasteiger partial charge in [0.05, 0.1) is 12.2 Å². The zero-order chi connectivity index (χ0) is 12.4. The van der Waals surface area contributed by atoms with Crippen LogP contribution in [0.1, 0.15) is 23.7 Å². The summed E-state index contributed by atoms with van der Waals surface area (Å²) >= 11 is 13.3. The summed E-state index contributed by atoms with van der Waals surface area (Å²) in [6, 6.07) is 0.0252. The highest BCUT2D eigenvalue weighted by atomic mass is 35.5. The number of nitrogens with one attached hydrogen (secondary N) is 1. The lowest BCUT2D eigenvalue weighted by molar-refractivity contribution is 0.853. The van der Waals surface area contributed by atoms with Gasteiger partial charge in [0, 0.05) is 11.1 Å². The summed E-state index contributed by atoms with van der Waals surface area (Å²) in [4.78, 5) is 12.2. The van der Waals surface area contributed by atoms with E-state index in [-0.39, 0.29) is 11.3 Å². The third kappa shape index (κ3) is 3.06. The van der Waals surface area contributed by atoms with Crippen LogP contribution < -0.4 is 5.32 Å². The molecule has 0 aliphatic heterocycles. The van der Waals surface area contributed by atoms with Crippen LogP contribution in [-0.2, 0) is 0 Å². The van der Waals surface area contributed by atoms with E-state index in [1.165, 1.54) is 6.20 Å². The first-order chi connectivity index (χ1) is 8.06. The van der Waals surface area contributed by atoms with E-state index in [1.807, 2.05) is 19.2 Å².